The number of benzene rings is 1. The zero-order valence-corrected chi connectivity index (χ0v) is 12.1. The molecule has 1 aromatic carbocycles. The predicted octanol–water partition coefficient (Wildman–Crippen LogP) is 2.40. The average molecular weight is 306 g/mol. The summed E-state index contributed by atoms with van der Waals surface area (Å²) in [6.45, 7) is 3.58. The van der Waals surface area contributed by atoms with E-state index in [0.29, 0.717) is 16.4 Å². The van der Waals surface area contributed by atoms with Gasteiger partial charge in [-0.1, -0.05) is 16.8 Å². The number of fused-ring (bicyclic) bond motifs is 1. The number of aryl methyl sites for hydroxylation is 1. The van der Waals surface area contributed by atoms with Crippen molar-refractivity contribution in [3.8, 4) is 0 Å². The molecule has 21 heavy (non-hydrogen) atoms. The van der Waals surface area contributed by atoms with Gasteiger partial charge in [0.25, 0.3) is 5.91 Å². The molecule has 1 atom stereocenters. The van der Waals surface area contributed by atoms with E-state index in [4.69, 9.17) is 16.0 Å². The Kier molecular flexibility index (Phi) is 3.34. The highest BCUT2D eigenvalue weighted by atomic mass is 35.5. The number of aromatic amines is 1. The van der Waals surface area contributed by atoms with Crippen molar-refractivity contribution in [2.24, 2.45) is 0 Å². The predicted molar refractivity (Wildman–Crippen MR) is 76.0 cm³/mol. The molecule has 3 rings (SSSR count). The minimum absolute atomic E-state index is 0.252. The molecule has 1 amide bonds. The van der Waals surface area contributed by atoms with Gasteiger partial charge in [-0.25, -0.2) is 0 Å². The van der Waals surface area contributed by atoms with Gasteiger partial charge in [0.15, 0.2) is 11.6 Å². The Morgan fingerprint density at radius 3 is 3.00 bits per heavy atom. The molecule has 7 nitrogen and oxygen atoms in total. The summed E-state index contributed by atoms with van der Waals surface area (Å²) >= 11 is 5.96. The molecule has 2 N–H and O–H groups in total. The molecule has 0 spiro atoms. The summed E-state index contributed by atoms with van der Waals surface area (Å²) in [5.41, 5.74) is 1.36. The summed E-state index contributed by atoms with van der Waals surface area (Å²) in [5, 5.41) is 17.6. The van der Waals surface area contributed by atoms with E-state index in [2.05, 4.69) is 25.9 Å². The van der Waals surface area contributed by atoms with Crippen molar-refractivity contribution < 1.29 is 9.21 Å². The fraction of sp³-hybridized carbons (Fsp3) is 0.231. The molecule has 0 radical (unpaired) electrons. The van der Waals surface area contributed by atoms with E-state index in [1.807, 2.05) is 6.92 Å². The standard InChI is InChI=1S/C13H12ClN5O2/c1-6-9-5-8(14)3-4-10(9)21-11(6)13(20)15-7(2)12-16-18-19-17-12/h3-5,7H,1-2H3,(H,15,20)(H,16,17,18,19). The number of carbonyl (C=O) groups is 1. The zero-order chi connectivity index (χ0) is 15.0. The van der Waals surface area contributed by atoms with Crippen molar-refractivity contribution in [1.82, 2.24) is 25.9 Å². The van der Waals surface area contributed by atoms with Gasteiger partial charge in [0.1, 0.15) is 5.58 Å². The third kappa shape index (κ3) is 2.47. The molecule has 1 unspecified atom stereocenters. The molecule has 0 aliphatic rings. The van der Waals surface area contributed by atoms with Crippen LogP contribution >= 0.6 is 11.6 Å². The monoisotopic (exact) mass is 305 g/mol. The van der Waals surface area contributed by atoms with Gasteiger partial charge < -0.3 is 9.73 Å². The lowest BCUT2D eigenvalue weighted by atomic mass is 10.1. The van der Waals surface area contributed by atoms with Crippen LogP contribution in [-0.4, -0.2) is 26.5 Å². The maximum absolute atomic E-state index is 12.3. The van der Waals surface area contributed by atoms with Gasteiger partial charge in [-0.05, 0) is 32.0 Å². The van der Waals surface area contributed by atoms with Crippen molar-refractivity contribution in [2.75, 3.05) is 0 Å². The van der Waals surface area contributed by atoms with Crippen LogP contribution in [0.1, 0.15) is 34.9 Å². The molecule has 108 valence electrons. The number of rotatable bonds is 3. The first-order chi connectivity index (χ1) is 10.1. The van der Waals surface area contributed by atoms with Crippen LogP contribution in [0.4, 0.5) is 0 Å². The number of nitrogens with one attached hydrogen (secondary N) is 2. The number of furan rings is 1. The SMILES string of the molecule is Cc1c(C(=O)NC(C)c2nn[nH]n2)oc2ccc(Cl)cc12. The van der Waals surface area contributed by atoms with Crippen LogP contribution in [0.25, 0.3) is 11.0 Å². The van der Waals surface area contributed by atoms with E-state index in [-0.39, 0.29) is 17.7 Å². The number of halogens is 1. The van der Waals surface area contributed by atoms with Crippen LogP contribution < -0.4 is 5.32 Å². The first kappa shape index (κ1) is 13.6. The summed E-state index contributed by atoms with van der Waals surface area (Å²) in [5.74, 6) is 0.319. The molecule has 2 aromatic heterocycles. The minimum Gasteiger partial charge on any atom is -0.451 e. The maximum atomic E-state index is 12.3. The second kappa shape index (κ2) is 5.17. The molecule has 2 heterocycles. The van der Waals surface area contributed by atoms with E-state index < -0.39 is 0 Å². The van der Waals surface area contributed by atoms with Crippen molar-refractivity contribution >= 4 is 28.5 Å². The number of hydrogen-bond donors (Lipinski definition) is 2. The fourth-order valence-electron chi connectivity index (χ4n) is 2.09. The molecule has 3 aromatic rings. The Bertz CT molecular complexity index is 796. The van der Waals surface area contributed by atoms with Gasteiger partial charge in [0.05, 0.1) is 6.04 Å². The molecule has 0 saturated carbocycles. The van der Waals surface area contributed by atoms with Gasteiger partial charge in [-0.3, -0.25) is 4.79 Å². The molecular weight excluding hydrogens is 294 g/mol. The summed E-state index contributed by atoms with van der Waals surface area (Å²) in [6, 6.07) is 4.85. The Balaban J connectivity index is 1.89. The zero-order valence-electron chi connectivity index (χ0n) is 11.3. The summed E-state index contributed by atoms with van der Waals surface area (Å²) < 4.78 is 5.60. The maximum Gasteiger partial charge on any atom is 0.287 e. The summed E-state index contributed by atoms with van der Waals surface area (Å²) in [4.78, 5) is 12.3. The number of hydrogen-bond acceptors (Lipinski definition) is 5. The van der Waals surface area contributed by atoms with Crippen LogP contribution in [0.15, 0.2) is 22.6 Å². The number of amides is 1. The quantitative estimate of drug-likeness (QED) is 0.774. The Hall–Kier alpha value is -2.41. The normalized spacial score (nSPS) is 12.5. The third-order valence-electron chi connectivity index (χ3n) is 3.20. The molecular formula is C13H12ClN5O2. The van der Waals surface area contributed by atoms with Crippen LogP contribution in [0.3, 0.4) is 0 Å². The average Bonchev–Trinajstić information content (AvgIpc) is 3.08. The van der Waals surface area contributed by atoms with Crippen LogP contribution in [0.2, 0.25) is 5.02 Å². The highest BCUT2D eigenvalue weighted by Crippen LogP contribution is 2.28. The van der Waals surface area contributed by atoms with Gasteiger partial charge >= 0.3 is 0 Å². The van der Waals surface area contributed by atoms with Gasteiger partial charge in [-0.15, -0.1) is 10.2 Å². The molecule has 8 heteroatoms. The second-order valence-corrected chi connectivity index (χ2v) is 5.10. The minimum atomic E-state index is -0.382. The van der Waals surface area contributed by atoms with Crippen LogP contribution in [0.5, 0.6) is 0 Å². The highest BCUT2D eigenvalue weighted by molar-refractivity contribution is 6.31. The topological polar surface area (TPSA) is 96.7 Å². The van der Waals surface area contributed by atoms with Gasteiger partial charge in [-0.2, -0.15) is 5.21 Å². The van der Waals surface area contributed by atoms with E-state index in [1.165, 1.54) is 0 Å². The first-order valence-electron chi connectivity index (χ1n) is 6.29. The highest BCUT2D eigenvalue weighted by Gasteiger charge is 2.21. The lowest BCUT2D eigenvalue weighted by Gasteiger charge is -2.08. The largest absolute Gasteiger partial charge is 0.451 e. The lowest BCUT2D eigenvalue weighted by Crippen LogP contribution is -2.27. The van der Waals surface area contributed by atoms with E-state index in [9.17, 15) is 4.79 Å². The number of aromatic nitrogens is 4. The van der Waals surface area contributed by atoms with E-state index in [0.717, 1.165) is 10.9 Å². The molecule has 0 aliphatic heterocycles. The fourth-order valence-corrected chi connectivity index (χ4v) is 2.26. The Morgan fingerprint density at radius 2 is 2.29 bits per heavy atom. The van der Waals surface area contributed by atoms with Crippen LogP contribution in [0, 0.1) is 6.92 Å². The lowest BCUT2D eigenvalue weighted by molar-refractivity contribution is 0.0911. The van der Waals surface area contributed by atoms with Crippen molar-refractivity contribution in [1.29, 1.82) is 0 Å². The Labute approximate surface area is 124 Å². The molecule has 0 aliphatic carbocycles. The van der Waals surface area contributed by atoms with E-state index >= 15 is 0 Å². The third-order valence-corrected chi connectivity index (χ3v) is 3.44. The molecule has 0 saturated heterocycles. The second-order valence-electron chi connectivity index (χ2n) is 4.66. The van der Waals surface area contributed by atoms with Crippen LogP contribution in [-0.2, 0) is 0 Å². The van der Waals surface area contributed by atoms with Gasteiger partial charge in [0.2, 0.25) is 0 Å². The van der Waals surface area contributed by atoms with Gasteiger partial charge in [0, 0.05) is 16.0 Å². The van der Waals surface area contributed by atoms with E-state index in [1.54, 1.807) is 25.1 Å². The summed E-state index contributed by atoms with van der Waals surface area (Å²) in [7, 11) is 0. The number of H-pyrrole nitrogens is 1. The van der Waals surface area contributed by atoms with Crippen molar-refractivity contribution in [2.45, 2.75) is 19.9 Å². The van der Waals surface area contributed by atoms with Crippen molar-refractivity contribution in [3.05, 3.63) is 40.4 Å². The number of carbonyl (C=O) groups excluding carboxylic acids is 1. The Morgan fingerprint density at radius 1 is 1.48 bits per heavy atom. The summed E-state index contributed by atoms with van der Waals surface area (Å²) in [6.07, 6.45) is 0. The number of tetrazole rings is 1. The first-order valence-corrected chi connectivity index (χ1v) is 6.67. The van der Waals surface area contributed by atoms with Crippen molar-refractivity contribution in [3.63, 3.8) is 0 Å². The molecule has 0 bridgehead atoms. The smallest absolute Gasteiger partial charge is 0.287 e. The number of nitrogens with zero attached hydrogens (tertiary/aromatic N) is 3. The molecule has 0 fully saturated rings.